The number of piperidine rings is 4. The van der Waals surface area contributed by atoms with Gasteiger partial charge in [-0.2, -0.15) is 0 Å². The molecule has 1 aromatic heterocycles. The fourth-order valence-electron chi connectivity index (χ4n) is 6.26. The number of ether oxygens (including phenoxy) is 1. The van der Waals surface area contributed by atoms with Crippen molar-refractivity contribution < 1.29 is 31.0 Å². The fourth-order valence-corrected chi connectivity index (χ4v) is 7.38. The molecular formula is C27H36BrClN2O2S. The molecule has 186 valence electrons. The van der Waals surface area contributed by atoms with Gasteiger partial charge in [0, 0.05) is 35.1 Å². The minimum atomic E-state index is -0.674. The van der Waals surface area contributed by atoms with Gasteiger partial charge in [-0.1, -0.05) is 36.2 Å². The highest BCUT2D eigenvalue weighted by molar-refractivity contribution is 7.10. The molecule has 0 amide bonds. The van der Waals surface area contributed by atoms with Crippen molar-refractivity contribution in [3.05, 3.63) is 57.2 Å². The second-order valence-electron chi connectivity index (χ2n) is 10.5. The summed E-state index contributed by atoms with van der Waals surface area (Å²) in [7, 11) is 0. The Hall–Kier alpha value is -0.920. The second-order valence-corrected chi connectivity index (χ2v) is 11.8. The van der Waals surface area contributed by atoms with Crippen LogP contribution in [0.2, 0.25) is 5.02 Å². The SMILES string of the molecule is CC(C(=O)O[C@H]1C[N+]2(CCc3cccc(Cl)c3)CCC1CC2)(c1cccs1)N1CCCCC1.[Br-]. The van der Waals surface area contributed by atoms with Gasteiger partial charge in [0.25, 0.3) is 0 Å². The third kappa shape index (κ3) is 5.27. The van der Waals surface area contributed by atoms with Crippen LogP contribution in [0.1, 0.15) is 49.5 Å². The Bertz CT molecular complexity index is 957. The Morgan fingerprint density at radius 2 is 1.94 bits per heavy atom. The largest absolute Gasteiger partial charge is 1.00 e. The third-order valence-corrected chi connectivity index (χ3v) is 9.77. The molecule has 6 rings (SSSR count). The van der Waals surface area contributed by atoms with E-state index >= 15 is 0 Å². The maximum atomic E-state index is 13.8. The molecular weight excluding hydrogens is 532 g/mol. The Morgan fingerprint density at radius 1 is 1.18 bits per heavy atom. The first kappa shape index (κ1) is 26.2. The molecule has 0 aliphatic carbocycles. The number of carbonyl (C=O) groups is 1. The molecule has 4 fully saturated rings. The van der Waals surface area contributed by atoms with E-state index in [-0.39, 0.29) is 29.1 Å². The summed E-state index contributed by atoms with van der Waals surface area (Å²) in [5.74, 6) is 0.465. The van der Waals surface area contributed by atoms with Crippen LogP contribution in [0, 0.1) is 5.92 Å². The van der Waals surface area contributed by atoms with Crippen LogP contribution in [0.15, 0.2) is 41.8 Å². The number of hydrogen-bond donors (Lipinski definition) is 0. The van der Waals surface area contributed by atoms with Gasteiger partial charge < -0.3 is 26.2 Å². The van der Waals surface area contributed by atoms with Crippen LogP contribution in [0.25, 0.3) is 0 Å². The molecule has 0 N–H and O–H groups in total. The zero-order chi connectivity index (χ0) is 22.9. The quantitative estimate of drug-likeness (QED) is 0.380. The van der Waals surface area contributed by atoms with Gasteiger partial charge in [0.15, 0.2) is 11.6 Å². The average molecular weight is 568 g/mol. The first-order chi connectivity index (χ1) is 16.0. The first-order valence-corrected chi connectivity index (χ1v) is 13.8. The van der Waals surface area contributed by atoms with Gasteiger partial charge in [-0.15, -0.1) is 11.3 Å². The third-order valence-electron chi connectivity index (χ3n) is 8.45. The van der Waals surface area contributed by atoms with Crippen LogP contribution in [-0.2, 0) is 21.5 Å². The minimum Gasteiger partial charge on any atom is -1.00 e. The number of esters is 1. The van der Waals surface area contributed by atoms with Gasteiger partial charge in [-0.3, -0.25) is 4.90 Å². The summed E-state index contributed by atoms with van der Waals surface area (Å²) in [4.78, 5) is 17.3. The molecule has 4 aliphatic rings. The number of likely N-dealkylation sites (tertiary alicyclic amines) is 1. The number of quaternary nitrogens is 1. The maximum absolute atomic E-state index is 13.8. The predicted octanol–water partition coefficient (Wildman–Crippen LogP) is 2.50. The molecule has 7 heteroatoms. The molecule has 1 unspecified atom stereocenters. The molecule has 34 heavy (non-hydrogen) atoms. The van der Waals surface area contributed by atoms with Crippen LogP contribution in [0.4, 0.5) is 0 Å². The van der Waals surface area contributed by atoms with Crippen molar-refractivity contribution in [2.24, 2.45) is 5.92 Å². The van der Waals surface area contributed by atoms with Crippen molar-refractivity contribution >= 4 is 28.9 Å². The van der Waals surface area contributed by atoms with Gasteiger partial charge >= 0.3 is 5.97 Å². The number of benzene rings is 1. The number of thiophene rings is 1. The summed E-state index contributed by atoms with van der Waals surface area (Å²) in [6, 6.07) is 12.4. The number of hydrogen-bond acceptors (Lipinski definition) is 4. The number of fused-ring (bicyclic) bond motifs is 3. The lowest BCUT2D eigenvalue weighted by atomic mass is 9.82. The van der Waals surface area contributed by atoms with Crippen molar-refractivity contribution in [3.8, 4) is 0 Å². The van der Waals surface area contributed by atoms with Gasteiger partial charge in [-0.25, -0.2) is 4.79 Å². The summed E-state index contributed by atoms with van der Waals surface area (Å²) in [5.41, 5.74) is 0.623. The summed E-state index contributed by atoms with van der Waals surface area (Å²) < 4.78 is 7.52. The van der Waals surface area contributed by atoms with E-state index in [0.717, 1.165) is 72.7 Å². The standard InChI is InChI=1S/C27H36ClN2O2S.BrH/c1-27(25-9-6-18-33-25,29-13-3-2-4-14-29)26(31)32-24-20-30(16-11-22(24)12-17-30)15-10-21-7-5-8-23(28)19-21;/h5-9,18-19,22,24H,2-4,10-17,20H2,1H3;1H/q+1;/p-1/t22?,24-,27?,30?;/m0./s1. The number of halogens is 2. The lowest BCUT2D eigenvalue weighted by molar-refractivity contribution is -0.946. The van der Waals surface area contributed by atoms with Crippen LogP contribution >= 0.6 is 22.9 Å². The van der Waals surface area contributed by atoms with E-state index in [1.54, 1.807) is 11.3 Å². The Kier molecular flexibility index (Phi) is 8.46. The second kappa shape index (κ2) is 11.0. The number of nitrogens with zero attached hydrogens (tertiary/aromatic N) is 2. The van der Waals surface area contributed by atoms with Crippen molar-refractivity contribution in [2.45, 2.75) is 57.1 Å². The number of carbonyl (C=O) groups excluding carboxylic acids is 1. The van der Waals surface area contributed by atoms with E-state index in [2.05, 4.69) is 41.5 Å². The summed E-state index contributed by atoms with van der Waals surface area (Å²) in [6.07, 6.45) is 6.94. The molecule has 4 nitrogen and oxygen atoms in total. The molecule has 5 heterocycles. The van der Waals surface area contributed by atoms with E-state index in [9.17, 15) is 4.79 Å². The highest BCUT2D eigenvalue weighted by Crippen LogP contribution is 2.40. The zero-order valence-corrected chi connectivity index (χ0v) is 23.2. The van der Waals surface area contributed by atoms with Crippen LogP contribution in [-0.4, -0.2) is 60.7 Å². The maximum Gasteiger partial charge on any atom is 0.332 e. The average Bonchev–Trinajstić information content (AvgIpc) is 3.39. The minimum absolute atomic E-state index is 0. The Labute approximate surface area is 223 Å². The molecule has 4 aliphatic heterocycles. The van der Waals surface area contributed by atoms with E-state index < -0.39 is 5.54 Å². The van der Waals surface area contributed by atoms with Gasteiger partial charge in [0.2, 0.25) is 0 Å². The normalized spacial score (nSPS) is 28.6. The molecule has 4 saturated heterocycles. The molecule has 2 bridgehead atoms. The molecule has 2 atom stereocenters. The fraction of sp³-hybridized carbons (Fsp3) is 0.593. The van der Waals surface area contributed by atoms with E-state index in [1.807, 2.05) is 12.1 Å². The van der Waals surface area contributed by atoms with Crippen LogP contribution in [0.3, 0.4) is 0 Å². The number of rotatable bonds is 7. The van der Waals surface area contributed by atoms with E-state index in [1.165, 1.54) is 25.1 Å². The highest BCUT2D eigenvalue weighted by atomic mass is 79.9. The first-order valence-electron chi connectivity index (χ1n) is 12.6. The van der Waals surface area contributed by atoms with E-state index in [0.29, 0.717) is 5.92 Å². The Morgan fingerprint density at radius 3 is 2.62 bits per heavy atom. The lowest BCUT2D eigenvalue weighted by Crippen LogP contribution is -3.00. The summed E-state index contributed by atoms with van der Waals surface area (Å²) >= 11 is 7.88. The summed E-state index contributed by atoms with van der Waals surface area (Å²) in [6.45, 7) is 8.49. The highest BCUT2D eigenvalue weighted by Gasteiger charge is 2.50. The Balaban J connectivity index is 0.00000274. The molecule has 1 aromatic carbocycles. The van der Waals surface area contributed by atoms with Gasteiger partial charge in [0.1, 0.15) is 6.54 Å². The molecule has 0 spiro atoms. The monoisotopic (exact) mass is 566 g/mol. The summed E-state index contributed by atoms with van der Waals surface area (Å²) in [5, 5.41) is 2.89. The predicted molar refractivity (Wildman–Crippen MR) is 135 cm³/mol. The molecule has 0 saturated carbocycles. The van der Waals surface area contributed by atoms with Crippen molar-refractivity contribution in [1.82, 2.24) is 4.90 Å². The van der Waals surface area contributed by atoms with Crippen molar-refractivity contribution in [2.75, 3.05) is 39.3 Å². The van der Waals surface area contributed by atoms with Crippen LogP contribution in [0.5, 0.6) is 0 Å². The molecule has 2 aromatic rings. The van der Waals surface area contributed by atoms with Gasteiger partial charge in [-0.05, 0) is 62.0 Å². The van der Waals surface area contributed by atoms with Crippen molar-refractivity contribution in [1.29, 1.82) is 0 Å². The smallest absolute Gasteiger partial charge is 0.332 e. The lowest BCUT2D eigenvalue weighted by Gasteiger charge is -2.52. The zero-order valence-electron chi connectivity index (χ0n) is 20.1. The molecule has 0 radical (unpaired) electrons. The van der Waals surface area contributed by atoms with Gasteiger partial charge in [0.05, 0.1) is 19.6 Å². The van der Waals surface area contributed by atoms with Crippen molar-refractivity contribution in [3.63, 3.8) is 0 Å². The topological polar surface area (TPSA) is 29.5 Å². The van der Waals surface area contributed by atoms with E-state index in [4.69, 9.17) is 16.3 Å². The van der Waals surface area contributed by atoms with Crippen LogP contribution < -0.4 is 17.0 Å².